The number of imidazole rings is 1. The molecule has 0 bridgehead atoms. The molecule has 0 unspecified atom stereocenters. The number of aromatic amines is 1. The summed E-state index contributed by atoms with van der Waals surface area (Å²) in [4.78, 5) is 29.7. The molecule has 0 atom stereocenters. The average molecular weight is 397 g/mol. The van der Waals surface area contributed by atoms with Crippen LogP contribution in [0.1, 0.15) is 30.9 Å². The Morgan fingerprint density at radius 1 is 1.21 bits per heavy atom. The van der Waals surface area contributed by atoms with Crippen molar-refractivity contribution in [2.75, 3.05) is 20.2 Å². The van der Waals surface area contributed by atoms with Gasteiger partial charge in [-0.3, -0.25) is 9.36 Å². The fourth-order valence-electron chi connectivity index (χ4n) is 4.08. The van der Waals surface area contributed by atoms with Crippen LogP contribution in [0.25, 0.3) is 11.0 Å². The van der Waals surface area contributed by atoms with Gasteiger partial charge in [0.2, 0.25) is 5.91 Å². The van der Waals surface area contributed by atoms with Crippen LogP contribution in [0.2, 0.25) is 0 Å². The average Bonchev–Trinajstić information content (AvgIpc) is 3.08. The summed E-state index contributed by atoms with van der Waals surface area (Å²) >= 11 is 0. The molecule has 1 aliphatic rings. The van der Waals surface area contributed by atoms with Crippen LogP contribution in [0.15, 0.2) is 47.3 Å². The highest BCUT2D eigenvalue weighted by Crippen LogP contribution is 2.25. The maximum absolute atomic E-state index is 13.8. The fraction of sp³-hybridized carbons (Fsp3) is 0.364. The van der Waals surface area contributed by atoms with E-state index >= 15 is 0 Å². The van der Waals surface area contributed by atoms with Crippen LogP contribution in [0.3, 0.4) is 0 Å². The summed E-state index contributed by atoms with van der Waals surface area (Å²) in [5.41, 5.74) is 2.42. The van der Waals surface area contributed by atoms with Crippen molar-refractivity contribution < 1.29 is 13.9 Å². The zero-order valence-corrected chi connectivity index (χ0v) is 16.4. The van der Waals surface area contributed by atoms with Crippen LogP contribution < -0.4 is 10.4 Å². The summed E-state index contributed by atoms with van der Waals surface area (Å²) in [7, 11) is 1.43. The number of ether oxygens (including phenoxy) is 1. The smallest absolute Gasteiger partial charge is 0.326 e. The van der Waals surface area contributed by atoms with Gasteiger partial charge in [-0.15, -0.1) is 0 Å². The maximum atomic E-state index is 13.8. The van der Waals surface area contributed by atoms with E-state index in [0.29, 0.717) is 25.9 Å². The first-order chi connectivity index (χ1) is 14.1. The normalized spacial score (nSPS) is 15.0. The van der Waals surface area contributed by atoms with Gasteiger partial charge in [0, 0.05) is 25.6 Å². The molecule has 3 aromatic rings. The number of piperidine rings is 1. The lowest BCUT2D eigenvalue weighted by Gasteiger charge is -2.32. The number of benzene rings is 2. The highest BCUT2D eigenvalue weighted by atomic mass is 19.1. The van der Waals surface area contributed by atoms with Gasteiger partial charge in [-0.05, 0) is 49.1 Å². The number of hydrogen-bond donors (Lipinski definition) is 1. The molecular weight excluding hydrogens is 373 g/mol. The topological polar surface area (TPSA) is 67.3 Å². The van der Waals surface area contributed by atoms with E-state index in [0.717, 1.165) is 29.4 Å². The predicted molar refractivity (Wildman–Crippen MR) is 109 cm³/mol. The van der Waals surface area contributed by atoms with E-state index in [-0.39, 0.29) is 23.4 Å². The second-order valence-corrected chi connectivity index (χ2v) is 7.40. The largest absolute Gasteiger partial charge is 0.494 e. The molecule has 4 rings (SSSR count). The number of methoxy groups -OCH3 is 1. The maximum Gasteiger partial charge on any atom is 0.326 e. The van der Waals surface area contributed by atoms with Crippen LogP contribution in [0.4, 0.5) is 4.39 Å². The van der Waals surface area contributed by atoms with Gasteiger partial charge in [-0.2, -0.15) is 0 Å². The summed E-state index contributed by atoms with van der Waals surface area (Å²) in [6.45, 7) is 1.23. The van der Waals surface area contributed by atoms with Crippen molar-refractivity contribution in [2.24, 2.45) is 0 Å². The highest BCUT2D eigenvalue weighted by Gasteiger charge is 2.25. The number of para-hydroxylation sites is 2. The molecule has 6 nitrogen and oxygen atoms in total. The molecule has 0 radical (unpaired) electrons. The number of fused-ring (bicyclic) bond motifs is 1. The molecule has 1 amide bonds. The van der Waals surface area contributed by atoms with E-state index in [1.807, 2.05) is 33.7 Å². The molecule has 1 saturated heterocycles. The first kappa shape index (κ1) is 19.2. The van der Waals surface area contributed by atoms with Gasteiger partial charge in [0.05, 0.1) is 18.1 Å². The molecule has 7 heteroatoms. The molecule has 152 valence electrons. The number of carbonyl (C=O) groups excluding carboxylic acids is 1. The number of H-pyrrole nitrogens is 1. The van der Waals surface area contributed by atoms with Crippen LogP contribution in [0, 0.1) is 5.82 Å². The van der Waals surface area contributed by atoms with Crippen molar-refractivity contribution in [1.82, 2.24) is 14.5 Å². The third-order valence-electron chi connectivity index (χ3n) is 5.65. The SMILES string of the molecule is COc1ccc(CCC(=O)N2CCC(n3c(=O)[nH]c4ccccc43)CC2)cc1F. The molecule has 1 fully saturated rings. The number of likely N-dealkylation sites (tertiary alicyclic amines) is 1. The van der Waals surface area contributed by atoms with Gasteiger partial charge in [0.25, 0.3) is 0 Å². The third-order valence-corrected chi connectivity index (χ3v) is 5.65. The number of aromatic nitrogens is 2. The molecule has 0 spiro atoms. The van der Waals surface area contributed by atoms with Crippen molar-refractivity contribution in [3.63, 3.8) is 0 Å². The molecule has 2 heterocycles. The Bertz CT molecular complexity index is 1080. The number of nitrogens with one attached hydrogen (secondary N) is 1. The van der Waals surface area contributed by atoms with Gasteiger partial charge >= 0.3 is 5.69 Å². The molecular formula is C22H24FN3O3. The Kier molecular flexibility index (Phi) is 5.38. The van der Waals surface area contributed by atoms with Crippen LogP contribution >= 0.6 is 0 Å². The zero-order chi connectivity index (χ0) is 20.4. The van der Waals surface area contributed by atoms with E-state index in [4.69, 9.17) is 4.74 Å². The highest BCUT2D eigenvalue weighted by molar-refractivity contribution is 5.77. The van der Waals surface area contributed by atoms with Crippen molar-refractivity contribution in [3.8, 4) is 5.75 Å². The lowest BCUT2D eigenvalue weighted by molar-refractivity contribution is -0.132. The number of amides is 1. The Hall–Kier alpha value is -3.09. The summed E-state index contributed by atoms with van der Waals surface area (Å²) in [6, 6.07) is 12.5. The molecule has 1 aliphatic heterocycles. The molecule has 0 aliphatic carbocycles. The number of halogens is 1. The first-order valence-corrected chi connectivity index (χ1v) is 9.86. The van der Waals surface area contributed by atoms with Crippen LogP contribution in [-0.4, -0.2) is 40.6 Å². The van der Waals surface area contributed by atoms with E-state index in [2.05, 4.69) is 4.98 Å². The fourth-order valence-corrected chi connectivity index (χ4v) is 4.08. The lowest BCUT2D eigenvalue weighted by atomic mass is 10.0. The molecule has 29 heavy (non-hydrogen) atoms. The Morgan fingerprint density at radius 2 is 1.97 bits per heavy atom. The van der Waals surface area contributed by atoms with Gasteiger partial charge in [-0.1, -0.05) is 18.2 Å². The standard InChI is InChI=1S/C22H24FN3O3/c1-29-20-8-6-15(14-17(20)23)7-9-21(27)25-12-10-16(11-13-25)26-19-5-3-2-4-18(19)24-22(26)28/h2-6,8,14,16H,7,9-13H2,1H3,(H,24,28). The Morgan fingerprint density at radius 3 is 2.69 bits per heavy atom. The van der Waals surface area contributed by atoms with Gasteiger partial charge < -0.3 is 14.6 Å². The summed E-state index contributed by atoms with van der Waals surface area (Å²) < 4.78 is 20.5. The Labute approximate surface area is 167 Å². The predicted octanol–water partition coefficient (Wildman–Crippen LogP) is 3.27. The van der Waals surface area contributed by atoms with Gasteiger partial charge in [-0.25, -0.2) is 9.18 Å². The minimum Gasteiger partial charge on any atom is -0.494 e. The van der Waals surface area contributed by atoms with Crippen molar-refractivity contribution in [2.45, 2.75) is 31.7 Å². The second-order valence-electron chi connectivity index (χ2n) is 7.40. The molecule has 1 N–H and O–H groups in total. The molecule has 0 saturated carbocycles. The number of rotatable bonds is 5. The number of nitrogens with zero attached hydrogens (tertiary/aromatic N) is 2. The van der Waals surface area contributed by atoms with Crippen molar-refractivity contribution in [3.05, 3.63) is 64.3 Å². The summed E-state index contributed by atoms with van der Waals surface area (Å²) in [5, 5.41) is 0. The zero-order valence-electron chi connectivity index (χ0n) is 16.4. The lowest BCUT2D eigenvalue weighted by Crippen LogP contribution is -2.40. The van der Waals surface area contributed by atoms with Crippen molar-refractivity contribution in [1.29, 1.82) is 0 Å². The quantitative estimate of drug-likeness (QED) is 0.719. The molecule has 2 aromatic carbocycles. The van der Waals surface area contributed by atoms with Crippen LogP contribution in [-0.2, 0) is 11.2 Å². The van der Waals surface area contributed by atoms with E-state index in [9.17, 15) is 14.0 Å². The summed E-state index contributed by atoms with van der Waals surface area (Å²) in [6.07, 6.45) is 2.31. The Balaban J connectivity index is 1.35. The van der Waals surface area contributed by atoms with E-state index in [1.165, 1.54) is 13.2 Å². The number of hydrogen-bond acceptors (Lipinski definition) is 3. The molecule has 1 aromatic heterocycles. The minimum atomic E-state index is -0.414. The third kappa shape index (κ3) is 3.90. The minimum absolute atomic E-state index is 0.0611. The van der Waals surface area contributed by atoms with Gasteiger partial charge in [0.15, 0.2) is 11.6 Å². The van der Waals surface area contributed by atoms with Gasteiger partial charge in [0.1, 0.15) is 0 Å². The monoisotopic (exact) mass is 397 g/mol. The first-order valence-electron chi connectivity index (χ1n) is 9.86. The second kappa shape index (κ2) is 8.11. The van der Waals surface area contributed by atoms with Crippen molar-refractivity contribution >= 4 is 16.9 Å². The number of aryl methyl sites for hydroxylation is 1. The summed E-state index contributed by atoms with van der Waals surface area (Å²) in [5.74, 6) is -0.150. The van der Waals surface area contributed by atoms with E-state index in [1.54, 1.807) is 12.1 Å². The van der Waals surface area contributed by atoms with Crippen LogP contribution in [0.5, 0.6) is 5.75 Å². The van der Waals surface area contributed by atoms with E-state index < -0.39 is 5.82 Å². The number of carbonyl (C=O) groups is 1.